The van der Waals surface area contributed by atoms with Gasteiger partial charge in [-0.15, -0.1) is 0 Å². The first-order valence-electron chi connectivity index (χ1n) is 9.70. The maximum absolute atomic E-state index is 12.8. The lowest BCUT2D eigenvalue weighted by molar-refractivity contribution is -0.121. The zero-order valence-corrected chi connectivity index (χ0v) is 17.7. The topological polar surface area (TPSA) is 75.7 Å². The average Bonchev–Trinajstić information content (AvgIpc) is 2.74. The number of rotatable bonds is 8. The molecule has 0 saturated carbocycles. The Morgan fingerprint density at radius 1 is 1.07 bits per heavy atom. The van der Waals surface area contributed by atoms with Crippen LogP contribution in [0.25, 0.3) is 0 Å². The fourth-order valence-electron chi connectivity index (χ4n) is 3.17. The first kappa shape index (κ1) is 21.6. The van der Waals surface area contributed by atoms with Crippen molar-refractivity contribution >= 4 is 27.5 Å². The molecule has 1 N–H and O–H groups in total. The summed E-state index contributed by atoms with van der Waals surface area (Å²) >= 11 is 6.01. The molecule has 0 aliphatic carbocycles. The molecule has 6 nitrogen and oxygen atoms in total. The van der Waals surface area contributed by atoms with E-state index in [1.54, 1.807) is 40.7 Å². The lowest BCUT2D eigenvalue weighted by Gasteiger charge is -2.26. The molecule has 0 aromatic heterocycles. The number of piperidine rings is 1. The second kappa shape index (κ2) is 10.1. The number of carbonyl (C=O) groups is 1. The van der Waals surface area contributed by atoms with Crippen LogP contribution < -0.4 is 10.1 Å². The summed E-state index contributed by atoms with van der Waals surface area (Å²) in [5.74, 6) is 0.360. The van der Waals surface area contributed by atoms with Crippen LogP contribution in [0.4, 0.5) is 0 Å². The van der Waals surface area contributed by atoms with Crippen LogP contribution in [0.15, 0.2) is 53.4 Å². The number of nitrogens with one attached hydrogen (secondary N) is 1. The maximum Gasteiger partial charge on any atom is 0.243 e. The molecule has 1 heterocycles. The van der Waals surface area contributed by atoms with Crippen LogP contribution in [-0.2, 0) is 21.4 Å². The van der Waals surface area contributed by atoms with E-state index in [0.29, 0.717) is 23.9 Å². The van der Waals surface area contributed by atoms with Crippen LogP contribution >= 0.6 is 11.6 Å². The zero-order valence-electron chi connectivity index (χ0n) is 16.1. The number of nitrogens with zero attached hydrogens (tertiary/aromatic N) is 1. The van der Waals surface area contributed by atoms with Crippen molar-refractivity contribution < 1.29 is 17.9 Å². The number of halogens is 1. The van der Waals surface area contributed by atoms with Crippen LogP contribution in [0.5, 0.6) is 5.75 Å². The Balaban J connectivity index is 1.51. The number of carbonyl (C=O) groups excluding carboxylic acids is 1. The molecule has 156 valence electrons. The summed E-state index contributed by atoms with van der Waals surface area (Å²) in [7, 11) is -3.48. The van der Waals surface area contributed by atoms with Gasteiger partial charge >= 0.3 is 0 Å². The standard InChI is InChI=1S/C21H25ClN2O4S/c22-19-9-2-3-10-20(19)28-14-11-21(25)23-16-17-7-6-8-18(15-17)29(26,27)24-12-4-1-5-13-24/h2-3,6-10,15H,1,4-5,11-14,16H2,(H,23,25). The molecule has 1 aliphatic rings. The molecule has 0 spiro atoms. The highest BCUT2D eigenvalue weighted by atomic mass is 35.5. The van der Waals surface area contributed by atoms with E-state index in [2.05, 4.69) is 5.32 Å². The minimum atomic E-state index is -3.48. The van der Waals surface area contributed by atoms with Crippen molar-refractivity contribution in [1.82, 2.24) is 9.62 Å². The van der Waals surface area contributed by atoms with Crippen molar-refractivity contribution in [3.63, 3.8) is 0 Å². The Hall–Kier alpha value is -2.09. The summed E-state index contributed by atoms with van der Waals surface area (Å²) in [6.07, 6.45) is 3.03. The van der Waals surface area contributed by atoms with Crippen LogP contribution in [0.2, 0.25) is 5.02 Å². The normalized spacial score (nSPS) is 15.1. The summed E-state index contributed by atoms with van der Waals surface area (Å²) in [6, 6.07) is 13.8. The quantitative estimate of drug-likeness (QED) is 0.686. The Morgan fingerprint density at radius 3 is 2.59 bits per heavy atom. The molecule has 0 radical (unpaired) electrons. The summed E-state index contributed by atoms with van der Waals surface area (Å²) in [5, 5.41) is 3.30. The molecule has 0 unspecified atom stereocenters. The van der Waals surface area contributed by atoms with Gasteiger partial charge in [0.15, 0.2) is 0 Å². The largest absolute Gasteiger partial charge is 0.491 e. The van der Waals surface area contributed by atoms with Gasteiger partial charge in [0.05, 0.1) is 22.9 Å². The fourth-order valence-corrected chi connectivity index (χ4v) is 4.95. The number of benzene rings is 2. The van der Waals surface area contributed by atoms with Crippen molar-refractivity contribution in [2.45, 2.75) is 37.1 Å². The Morgan fingerprint density at radius 2 is 1.83 bits per heavy atom. The number of ether oxygens (including phenoxy) is 1. The Kier molecular flexibility index (Phi) is 7.52. The lowest BCUT2D eigenvalue weighted by Crippen LogP contribution is -2.35. The Labute approximate surface area is 176 Å². The van der Waals surface area contributed by atoms with E-state index in [1.165, 1.54) is 0 Å². The molecule has 2 aromatic carbocycles. The van der Waals surface area contributed by atoms with Gasteiger partial charge in [0, 0.05) is 19.6 Å². The van der Waals surface area contributed by atoms with E-state index in [9.17, 15) is 13.2 Å². The van der Waals surface area contributed by atoms with E-state index in [0.717, 1.165) is 24.8 Å². The van der Waals surface area contributed by atoms with Gasteiger partial charge in [-0.2, -0.15) is 4.31 Å². The van der Waals surface area contributed by atoms with E-state index in [4.69, 9.17) is 16.3 Å². The predicted molar refractivity (Wildman–Crippen MR) is 112 cm³/mol. The minimum Gasteiger partial charge on any atom is -0.491 e. The second-order valence-corrected chi connectivity index (χ2v) is 9.26. The van der Waals surface area contributed by atoms with Gasteiger partial charge in [0.1, 0.15) is 5.75 Å². The summed E-state index contributed by atoms with van der Waals surface area (Å²) < 4.78 is 32.6. The smallest absolute Gasteiger partial charge is 0.243 e. The molecule has 1 saturated heterocycles. The average molecular weight is 437 g/mol. The monoisotopic (exact) mass is 436 g/mol. The third-order valence-electron chi connectivity index (χ3n) is 4.76. The van der Waals surface area contributed by atoms with Crippen molar-refractivity contribution in [2.75, 3.05) is 19.7 Å². The highest BCUT2D eigenvalue weighted by Crippen LogP contribution is 2.23. The van der Waals surface area contributed by atoms with E-state index < -0.39 is 10.0 Å². The molecule has 1 aliphatic heterocycles. The number of para-hydroxylation sites is 1. The summed E-state index contributed by atoms with van der Waals surface area (Å²) in [6.45, 7) is 1.59. The van der Waals surface area contributed by atoms with Crippen molar-refractivity contribution in [2.24, 2.45) is 0 Å². The van der Waals surface area contributed by atoms with Gasteiger partial charge in [-0.3, -0.25) is 4.79 Å². The number of hydrogen-bond acceptors (Lipinski definition) is 4. The molecule has 3 rings (SSSR count). The molecule has 29 heavy (non-hydrogen) atoms. The third kappa shape index (κ3) is 5.95. The lowest BCUT2D eigenvalue weighted by atomic mass is 10.2. The molecule has 1 amide bonds. The summed E-state index contributed by atoms with van der Waals surface area (Å²) in [5.41, 5.74) is 0.739. The van der Waals surface area contributed by atoms with Gasteiger partial charge in [-0.05, 0) is 42.7 Å². The van der Waals surface area contributed by atoms with Gasteiger partial charge < -0.3 is 10.1 Å². The summed E-state index contributed by atoms with van der Waals surface area (Å²) in [4.78, 5) is 12.3. The number of hydrogen-bond donors (Lipinski definition) is 1. The van der Waals surface area contributed by atoms with Crippen LogP contribution in [0, 0.1) is 0 Å². The maximum atomic E-state index is 12.8. The van der Waals surface area contributed by atoms with Crippen molar-refractivity contribution in [1.29, 1.82) is 0 Å². The van der Waals surface area contributed by atoms with Crippen molar-refractivity contribution in [3.05, 3.63) is 59.1 Å². The second-order valence-electron chi connectivity index (χ2n) is 6.92. The van der Waals surface area contributed by atoms with E-state index in [-0.39, 0.29) is 30.4 Å². The van der Waals surface area contributed by atoms with E-state index in [1.807, 2.05) is 12.1 Å². The number of amides is 1. The molecule has 2 aromatic rings. The highest BCUT2D eigenvalue weighted by molar-refractivity contribution is 7.89. The molecule has 8 heteroatoms. The first-order chi connectivity index (χ1) is 14.0. The number of sulfonamides is 1. The van der Waals surface area contributed by atoms with Crippen LogP contribution in [-0.4, -0.2) is 38.3 Å². The van der Waals surface area contributed by atoms with Crippen molar-refractivity contribution in [3.8, 4) is 5.75 Å². The molecular formula is C21H25ClN2O4S. The van der Waals surface area contributed by atoms with Gasteiger partial charge in [-0.1, -0.05) is 42.3 Å². The van der Waals surface area contributed by atoms with Crippen LogP contribution in [0.1, 0.15) is 31.2 Å². The Bertz CT molecular complexity index is 943. The molecule has 0 atom stereocenters. The molecule has 1 fully saturated rings. The van der Waals surface area contributed by atoms with Gasteiger partial charge in [0.2, 0.25) is 15.9 Å². The molecular weight excluding hydrogens is 412 g/mol. The van der Waals surface area contributed by atoms with Gasteiger partial charge in [0.25, 0.3) is 0 Å². The van der Waals surface area contributed by atoms with Gasteiger partial charge in [-0.25, -0.2) is 8.42 Å². The minimum absolute atomic E-state index is 0.178. The zero-order chi connectivity index (χ0) is 20.7. The highest BCUT2D eigenvalue weighted by Gasteiger charge is 2.25. The fraction of sp³-hybridized carbons (Fsp3) is 0.381. The predicted octanol–water partition coefficient (Wildman–Crippen LogP) is 3.60. The van der Waals surface area contributed by atoms with E-state index >= 15 is 0 Å². The van der Waals surface area contributed by atoms with Crippen LogP contribution in [0.3, 0.4) is 0 Å². The third-order valence-corrected chi connectivity index (χ3v) is 6.97. The SMILES string of the molecule is O=C(CCOc1ccccc1Cl)NCc1cccc(S(=O)(=O)N2CCCCC2)c1. The molecule has 0 bridgehead atoms. The first-order valence-corrected chi connectivity index (χ1v) is 11.5.